The quantitative estimate of drug-likeness (QED) is 0.834. The molecule has 0 heterocycles. The van der Waals surface area contributed by atoms with E-state index in [1.165, 1.54) is 0 Å². The van der Waals surface area contributed by atoms with Crippen molar-refractivity contribution in [1.29, 1.82) is 0 Å². The van der Waals surface area contributed by atoms with Gasteiger partial charge in [0.05, 0.1) is 11.4 Å². The fourth-order valence-electron chi connectivity index (χ4n) is 2.15. The number of carbonyl (C=O) groups is 1. The van der Waals surface area contributed by atoms with Crippen LogP contribution in [0.3, 0.4) is 0 Å². The van der Waals surface area contributed by atoms with Gasteiger partial charge in [0.2, 0.25) is 15.9 Å². The summed E-state index contributed by atoms with van der Waals surface area (Å²) in [6.45, 7) is 7.67. The molecule has 0 saturated heterocycles. The summed E-state index contributed by atoms with van der Waals surface area (Å²) in [7, 11) is -3.67. The summed E-state index contributed by atoms with van der Waals surface area (Å²) in [5.41, 5.74) is 2.38. The Morgan fingerprint density at radius 1 is 1.15 bits per heavy atom. The maximum Gasteiger partial charge on any atom is 0.241 e. The Labute approximate surface area is 120 Å². The molecule has 0 unspecified atom stereocenters. The minimum absolute atomic E-state index is 0.241. The van der Waals surface area contributed by atoms with Crippen LogP contribution in [0.5, 0.6) is 0 Å². The molecule has 6 heteroatoms. The van der Waals surface area contributed by atoms with Gasteiger partial charge in [0, 0.05) is 6.54 Å². The zero-order valence-electron chi connectivity index (χ0n) is 12.4. The van der Waals surface area contributed by atoms with Crippen LogP contribution in [0.1, 0.15) is 30.0 Å². The van der Waals surface area contributed by atoms with Crippen LogP contribution in [0.15, 0.2) is 17.0 Å². The highest BCUT2D eigenvalue weighted by atomic mass is 32.2. The molecule has 0 aliphatic carbocycles. The van der Waals surface area contributed by atoms with E-state index in [9.17, 15) is 13.2 Å². The van der Waals surface area contributed by atoms with Gasteiger partial charge in [-0.25, -0.2) is 13.1 Å². The van der Waals surface area contributed by atoms with Gasteiger partial charge in [-0.15, -0.1) is 0 Å². The Bertz CT molecular complexity index is 571. The lowest BCUT2D eigenvalue weighted by Crippen LogP contribution is -2.37. The van der Waals surface area contributed by atoms with Crippen LogP contribution in [0.2, 0.25) is 0 Å². The number of benzene rings is 1. The van der Waals surface area contributed by atoms with Gasteiger partial charge in [-0.2, -0.15) is 0 Å². The second kappa shape index (κ2) is 6.85. The summed E-state index contributed by atoms with van der Waals surface area (Å²) in [5, 5.41) is 2.63. The molecule has 0 aliphatic rings. The summed E-state index contributed by atoms with van der Waals surface area (Å²) in [6, 6.07) is 3.64. The largest absolute Gasteiger partial charge is 0.355 e. The minimum Gasteiger partial charge on any atom is -0.355 e. The first-order valence-corrected chi connectivity index (χ1v) is 8.10. The Balaban J connectivity index is 2.87. The topological polar surface area (TPSA) is 75.3 Å². The molecule has 0 bridgehead atoms. The summed E-state index contributed by atoms with van der Waals surface area (Å²) in [4.78, 5) is 11.7. The fraction of sp³-hybridized carbons (Fsp3) is 0.500. The van der Waals surface area contributed by atoms with Gasteiger partial charge in [0.25, 0.3) is 0 Å². The summed E-state index contributed by atoms with van der Waals surface area (Å²) in [5.74, 6) is -0.321. The molecule has 0 fully saturated rings. The highest BCUT2D eigenvalue weighted by molar-refractivity contribution is 7.89. The van der Waals surface area contributed by atoms with Crippen LogP contribution in [0, 0.1) is 20.8 Å². The van der Waals surface area contributed by atoms with E-state index in [4.69, 9.17) is 0 Å². The molecule has 5 nitrogen and oxygen atoms in total. The number of carbonyl (C=O) groups excluding carboxylic acids is 1. The molecule has 0 aromatic heterocycles. The lowest BCUT2D eigenvalue weighted by molar-refractivity contribution is -0.119. The van der Waals surface area contributed by atoms with Gasteiger partial charge in [-0.3, -0.25) is 4.79 Å². The van der Waals surface area contributed by atoms with Crippen molar-refractivity contribution >= 4 is 15.9 Å². The van der Waals surface area contributed by atoms with Crippen molar-refractivity contribution in [1.82, 2.24) is 10.0 Å². The summed E-state index contributed by atoms with van der Waals surface area (Å²) in [6.07, 6.45) is 0.814. The highest BCUT2D eigenvalue weighted by Gasteiger charge is 2.20. The first-order valence-electron chi connectivity index (χ1n) is 6.62. The monoisotopic (exact) mass is 298 g/mol. The molecule has 1 rings (SSSR count). The normalized spacial score (nSPS) is 11.4. The number of sulfonamides is 1. The van der Waals surface area contributed by atoms with E-state index >= 15 is 0 Å². The van der Waals surface area contributed by atoms with Gasteiger partial charge in [0.1, 0.15) is 0 Å². The third kappa shape index (κ3) is 4.31. The Hall–Kier alpha value is -1.40. The van der Waals surface area contributed by atoms with Crippen molar-refractivity contribution in [3.8, 4) is 0 Å². The predicted molar refractivity (Wildman–Crippen MR) is 79.1 cm³/mol. The van der Waals surface area contributed by atoms with E-state index in [0.29, 0.717) is 17.7 Å². The van der Waals surface area contributed by atoms with E-state index in [0.717, 1.165) is 12.0 Å². The first kappa shape index (κ1) is 16.7. The fourth-order valence-corrected chi connectivity index (χ4v) is 3.58. The molecule has 20 heavy (non-hydrogen) atoms. The molecule has 0 radical (unpaired) electrons. The maximum atomic E-state index is 12.3. The van der Waals surface area contributed by atoms with E-state index in [1.807, 2.05) is 26.0 Å². The lowest BCUT2D eigenvalue weighted by atomic mass is 10.1. The average molecular weight is 298 g/mol. The van der Waals surface area contributed by atoms with Gasteiger partial charge in [0.15, 0.2) is 0 Å². The second-order valence-electron chi connectivity index (χ2n) is 4.90. The smallest absolute Gasteiger partial charge is 0.241 e. The molecule has 0 saturated carbocycles. The SMILES string of the molecule is CCCNC(=O)CNS(=O)(=O)c1c(C)cc(C)cc1C. The molecule has 2 N–H and O–H groups in total. The van der Waals surface area contributed by atoms with Crippen LogP contribution in [0.25, 0.3) is 0 Å². The number of hydrogen-bond donors (Lipinski definition) is 2. The van der Waals surface area contributed by atoms with Crippen molar-refractivity contribution < 1.29 is 13.2 Å². The molecule has 0 spiro atoms. The molecule has 112 valence electrons. The summed E-state index contributed by atoms with van der Waals surface area (Å²) < 4.78 is 26.9. The minimum atomic E-state index is -3.67. The van der Waals surface area contributed by atoms with E-state index in [1.54, 1.807) is 13.8 Å². The number of hydrogen-bond acceptors (Lipinski definition) is 3. The molecule has 0 atom stereocenters. The Kier molecular flexibility index (Phi) is 5.71. The number of rotatable bonds is 6. The van der Waals surface area contributed by atoms with Crippen LogP contribution in [0.4, 0.5) is 0 Å². The molecule has 1 aromatic carbocycles. The number of amides is 1. The second-order valence-corrected chi connectivity index (χ2v) is 6.61. The van der Waals surface area contributed by atoms with Gasteiger partial charge >= 0.3 is 0 Å². The Morgan fingerprint density at radius 2 is 1.70 bits per heavy atom. The molecule has 0 aliphatic heterocycles. The van der Waals surface area contributed by atoms with Crippen molar-refractivity contribution in [2.75, 3.05) is 13.1 Å². The third-order valence-electron chi connectivity index (χ3n) is 2.87. The third-order valence-corrected chi connectivity index (χ3v) is 4.57. The van der Waals surface area contributed by atoms with Crippen LogP contribution in [-0.2, 0) is 14.8 Å². The van der Waals surface area contributed by atoms with E-state index in [2.05, 4.69) is 10.0 Å². The lowest BCUT2D eigenvalue weighted by Gasteiger charge is -2.13. The van der Waals surface area contributed by atoms with Gasteiger partial charge in [-0.1, -0.05) is 24.6 Å². The molecule has 1 amide bonds. The zero-order chi connectivity index (χ0) is 15.3. The molecular formula is C14H22N2O3S. The maximum absolute atomic E-state index is 12.3. The Morgan fingerprint density at radius 3 is 2.20 bits per heavy atom. The average Bonchev–Trinajstić information content (AvgIpc) is 2.32. The van der Waals surface area contributed by atoms with E-state index < -0.39 is 10.0 Å². The van der Waals surface area contributed by atoms with Crippen LogP contribution in [-0.4, -0.2) is 27.4 Å². The molecular weight excluding hydrogens is 276 g/mol. The molecule has 1 aromatic rings. The van der Waals surface area contributed by atoms with Crippen molar-refractivity contribution in [3.05, 3.63) is 28.8 Å². The standard InChI is InChI=1S/C14H22N2O3S/c1-5-6-15-13(17)9-16-20(18,19)14-11(3)7-10(2)8-12(14)4/h7-8,16H,5-6,9H2,1-4H3,(H,15,17). The predicted octanol–water partition coefficient (Wildman–Crippen LogP) is 1.42. The zero-order valence-corrected chi connectivity index (χ0v) is 13.2. The van der Waals surface area contributed by atoms with Crippen molar-refractivity contribution in [3.63, 3.8) is 0 Å². The van der Waals surface area contributed by atoms with E-state index in [-0.39, 0.29) is 17.3 Å². The van der Waals surface area contributed by atoms with Crippen molar-refractivity contribution in [2.24, 2.45) is 0 Å². The summed E-state index contributed by atoms with van der Waals surface area (Å²) >= 11 is 0. The highest BCUT2D eigenvalue weighted by Crippen LogP contribution is 2.21. The number of nitrogens with one attached hydrogen (secondary N) is 2. The van der Waals surface area contributed by atoms with Crippen LogP contribution < -0.4 is 10.0 Å². The number of aryl methyl sites for hydroxylation is 3. The first-order chi connectivity index (χ1) is 9.27. The van der Waals surface area contributed by atoms with Crippen LogP contribution >= 0.6 is 0 Å². The van der Waals surface area contributed by atoms with Crippen molar-refractivity contribution in [2.45, 2.75) is 39.0 Å². The van der Waals surface area contributed by atoms with Gasteiger partial charge < -0.3 is 5.32 Å². The van der Waals surface area contributed by atoms with Gasteiger partial charge in [-0.05, 0) is 38.3 Å².